The van der Waals surface area contributed by atoms with Gasteiger partial charge in [-0.3, -0.25) is 9.78 Å². The van der Waals surface area contributed by atoms with Gasteiger partial charge in [0.25, 0.3) is 0 Å². The molecular formula is C16H18O2. The molecule has 0 aliphatic carbocycles. The van der Waals surface area contributed by atoms with Crippen LogP contribution < -0.4 is 9.78 Å². The molecule has 18 heavy (non-hydrogen) atoms. The zero-order valence-electron chi connectivity index (χ0n) is 11.0. The van der Waals surface area contributed by atoms with Crippen molar-refractivity contribution < 1.29 is 9.78 Å². The van der Waals surface area contributed by atoms with E-state index in [1.807, 2.05) is 48.5 Å². The van der Waals surface area contributed by atoms with Gasteiger partial charge in [-0.1, -0.05) is 57.2 Å². The molecule has 0 unspecified atom stereocenters. The van der Waals surface area contributed by atoms with Crippen molar-refractivity contribution in [2.75, 3.05) is 0 Å². The number of hydrogen-bond acceptors (Lipinski definition) is 2. The first-order chi connectivity index (χ1) is 8.57. The van der Waals surface area contributed by atoms with Crippen molar-refractivity contribution in [1.82, 2.24) is 0 Å². The van der Waals surface area contributed by atoms with Gasteiger partial charge in [-0.05, 0) is 23.6 Å². The van der Waals surface area contributed by atoms with Crippen molar-refractivity contribution in [1.29, 1.82) is 0 Å². The van der Waals surface area contributed by atoms with Crippen LogP contribution in [0.3, 0.4) is 0 Å². The van der Waals surface area contributed by atoms with Crippen LogP contribution in [-0.2, 0) is 5.41 Å². The molecule has 0 aliphatic heterocycles. The SMILES string of the molecule is CC(C)(C)c1ccccc1OOc1ccccc1. The fraction of sp³-hybridized carbons (Fsp3) is 0.250. The normalized spacial score (nSPS) is 11.1. The van der Waals surface area contributed by atoms with Gasteiger partial charge in [0.15, 0.2) is 11.5 Å². The smallest absolute Gasteiger partial charge is 0.182 e. The Kier molecular flexibility index (Phi) is 3.56. The summed E-state index contributed by atoms with van der Waals surface area (Å²) in [4.78, 5) is 10.8. The van der Waals surface area contributed by atoms with Crippen molar-refractivity contribution in [3.05, 3.63) is 60.2 Å². The first kappa shape index (κ1) is 12.5. The molecule has 0 spiro atoms. The van der Waals surface area contributed by atoms with Crippen LogP contribution in [-0.4, -0.2) is 0 Å². The predicted molar refractivity (Wildman–Crippen MR) is 72.8 cm³/mol. The maximum atomic E-state index is 5.45. The molecule has 2 rings (SSSR count). The maximum Gasteiger partial charge on any atom is 0.182 e. The van der Waals surface area contributed by atoms with Crippen LogP contribution in [0.1, 0.15) is 26.3 Å². The summed E-state index contributed by atoms with van der Waals surface area (Å²) in [6.07, 6.45) is 0. The summed E-state index contributed by atoms with van der Waals surface area (Å²) in [5.41, 5.74) is 1.15. The van der Waals surface area contributed by atoms with E-state index in [-0.39, 0.29) is 5.41 Å². The topological polar surface area (TPSA) is 18.5 Å². The second kappa shape index (κ2) is 5.13. The van der Waals surface area contributed by atoms with Crippen LogP contribution in [0, 0.1) is 0 Å². The van der Waals surface area contributed by atoms with Crippen LogP contribution in [0.25, 0.3) is 0 Å². The molecule has 0 bridgehead atoms. The monoisotopic (exact) mass is 242 g/mol. The first-order valence-corrected chi connectivity index (χ1v) is 6.06. The summed E-state index contributed by atoms with van der Waals surface area (Å²) in [6.45, 7) is 6.45. The minimum Gasteiger partial charge on any atom is -0.290 e. The minimum atomic E-state index is 0.0244. The van der Waals surface area contributed by atoms with E-state index < -0.39 is 0 Å². The van der Waals surface area contributed by atoms with E-state index in [0.29, 0.717) is 5.75 Å². The highest BCUT2D eigenvalue weighted by Crippen LogP contribution is 2.31. The van der Waals surface area contributed by atoms with Crippen LogP contribution in [0.15, 0.2) is 54.6 Å². The largest absolute Gasteiger partial charge is 0.290 e. The Morgan fingerprint density at radius 2 is 1.33 bits per heavy atom. The summed E-state index contributed by atoms with van der Waals surface area (Å²) in [5.74, 6) is 1.45. The van der Waals surface area contributed by atoms with E-state index in [1.165, 1.54) is 0 Å². The zero-order valence-corrected chi connectivity index (χ0v) is 11.0. The lowest BCUT2D eigenvalue weighted by Crippen LogP contribution is -2.14. The molecule has 2 aromatic rings. The molecule has 2 heteroatoms. The minimum absolute atomic E-state index is 0.0244. The lowest BCUT2D eigenvalue weighted by Gasteiger charge is -2.21. The van der Waals surface area contributed by atoms with Crippen LogP contribution in [0.4, 0.5) is 0 Å². The van der Waals surface area contributed by atoms with E-state index in [4.69, 9.17) is 9.78 Å². The summed E-state index contributed by atoms with van der Waals surface area (Å²) in [7, 11) is 0. The van der Waals surface area contributed by atoms with Gasteiger partial charge in [0.05, 0.1) is 0 Å². The molecule has 0 aliphatic rings. The Labute approximate surface area is 108 Å². The molecule has 2 nitrogen and oxygen atoms in total. The Hall–Kier alpha value is -1.96. The quantitative estimate of drug-likeness (QED) is 0.588. The number of benzene rings is 2. The lowest BCUT2D eigenvalue weighted by molar-refractivity contribution is -0.101. The summed E-state index contributed by atoms with van der Waals surface area (Å²) < 4.78 is 0. The van der Waals surface area contributed by atoms with Crippen molar-refractivity contribution in [3.8, 4) is 11.5 Å². The summed E-state index contributed by atoms with van der Waals surface area (Å²) >= 11 is 0. The highest BCUT2D eigenvalue weighted by Gasteiger charge is 2.19. The maximum absolute atomic E-state index is 5.45. The summed E-state index contributed by atoms with van der Waals surface area (Å²) in [6, 6.07) is 17.4. The summed E-state index contributed by atoms with van der Waals surface area (Å²) in [5, 5.41) is 0. The Balaban J connectivity index is 2.15. The van der Waals surface area contributed by atoms with Gasteiger partial charge in [0, 0.05) is 5.56 Å². The molecule has 0 heterocycles. The van der Waals surface area contributed by atoms with Gasteiger partial charge in [0.1, 0.15) is 0 Å². The Bertz CT molecular complexity index is 498. The number of para-hydroxylation sites is 2. The molecule has 0 atom stereocenters. The van der Waals surface area contributed by atoms with Gasteiger partial charge in [-0.2, -0.15) is 0 Å². The number of hydrogen-bond donors (Lipinski definition) is 0. The number of rotatable bonds is 3. The molecule has 2 aromatic carbocycles. The third-order valence-corrected chi connectivity index (χ3v) is 2.67. The fourth-order valence-electron chi connectivity index (χ4n) is 1.73. The van der Waals surface area contributed by atoms with Crippen molar-refractivity contribution >= 4 is 0 Å². The van der Waals surface area contributed by atoms with Crippen molar-refractivity contribution in [2.24, 2.45) is 0 Å². The Morgan fingerprint density at radius 3 is 2.00 bits per heavy atom. The van der Waals surface area contributed by atoms with E-state index in [0.717, 1.165) is 11.3 Å². The lowest BCUT2D eigenvalue weighted by atomic mass is 9.86. The molecule has 94 valence electrons. The van der Waals surface area contributed by atoms with Crippen LogP contribution >= 0.6 is 0 Å². The average molecular weight is 242 g/mol. The highest BCUT2D eigenvalue weighted by atomic mass is 17.2. The van der Waals surface area contributed by atoms with Crippen LogP contribution in [0.5, 0.6) is 11.5 Å². The second-order valence-electron chi connectivity index (χ2n) is 5.23. The van der Waals surface area contributed by atoms with Crippen molar-refractivity contribution in [3.63, 3.8) is 0 Å². The van der Waals surface area contributed by atoms with Gasteiger partial charge >= 0.3 is 0 Å². The van der Waals surface area contributed by atoms with Gasteiger partial charge in [0.2, 0.25) is 0 Å². The molecule has 0 aromatic heterocycles. The fourth-order valence-corrected chi connectivity index (χ4v) is 1.73. The zero-order chi connectivity index (χ0) is 13.0. The molecule has 0 N–H and O–H groups in total. The highest BCUT2D eigenvalue weighted by molar-refractivity contribution is 5.38. The van der Waals surface area contributed by atoms with Gasteiger partial charge in [-0.25, -0.2) is 0 Å². The van der Waals surface area contributed by atoms with E-state index >= 15 is 0 Å². The third kappa shape index (κ3) is 3.04. The molecule has 0 saturated carbocycles. The van der Waals surface area contributed by atoms with Gasteiger partial charge < -0.3 is 0 Å². The second-order valence-corrected chi connectivity index (χ2v) is 5.23. The third-order valence-electron chi connectivity index (χ3n) is 2.67. The standard InChI is InChI=1S/C16H18O2/c1-16(2,3)14-11-7-8-12-15(14)18-17-13-9-5-4-6-10-13/h4-12H,1-3H3. The van der Waals surface area contributed by atoms with E-state index in [2.05, 4.69) is 26.8 Å². The molecular weight excluding hydrogens is 224 g/mol. The van der Waals surface area contributed by atoms with E-state index in [1.54, 1.807) is 0 Å². The van der Waals surface area contributed by atoms with E-state index in [9.17, 15) is 0 Å². The van der Waals surface area contributed by atoms with Crippen LogP contribution in [0.2, 0.25) is 0 Å². The van der Waals surface area contributed by atoms with Gasteiger partial charge in [-0.15, -0.1) is 0 Å². The molecule has 0 fully saturated rings. The predicted octanol–water partition coefficient (Wildman–Crippen LogP) is 4.36. The van der Waals surface area contributed by atoms with Crippen molar-refractivity contribution in [2.45, 2.75) is 26.2 Å². The molecule has 0 saturated heterocycles. The Morgan fingerprint density at radius 1 is 0.722 bits per heavy atom. The first-order valence-electron chi connectivity index (χ1n) is 6.06. The average Bonchev–Trinajstić information content (AvgIpc) is 2.37. The molecule has 0 amide bonds. The molecule has 0 radical (unpaired) electrons.